The van der Waals surface area contributed by atoms with Crippen LogP contribution in [0.3, 0.4) is 0 Å². The zero-order valence-electron chi connectivity index (χ0n) is 10.5. The Labute approximate surface area is 119 Å². The van der Waals surface area contributed by atoms with E-state index in [-0.39, 0.29) is 23.3 Å². The van der Waals surface area contributed by atoms with Gasteiger partial charge in [0.05, 0.1) is 5.56 Å². The highest BCUT2D eigenvalue weighted by Gasteiger charge is 2.07. The number of nitrogens with zero attached hydrogens (tertiary/aromatic N) is 1. The molecule has 0 heterocycles. The van der Waals surface area contributed by atoms with E-state index in [4.69, 9.17) is 10.5 Å². The van der Waals surface area contributed by atoms with Gasteiger partial charge >= 0.3 is 5.97 Å². The SMILES string of the molecule is CCN(CC)CCOC(=O)c1ccc(N)cc1.[AlH3]. The number of benzene rings is 1. The van der Waals surface area contributed by atoms with E-state index >= 15 is 0 Å². The summed E-state index contributed by atoms with van der Waals surface area (Å²) in [4.78, 5) is 13.8. The molecule has 2 N–H and O–H groups in total. The molecule has 1 rings (SSSR count). The zero-order chi connectivity index (χ0) is 12.7. The van der Waals surface area contributed by atoms with Gasteiger partial charge in [-0.05, 0) is 37.4 Å². The standard InChI is InChI=1S/C13H20N2O2.Al.3H/c1-3-15(4-2)9-10-17-13(16)11-5-7-12(14)8-6-11;;;;/h5-8H,3-4,9-10,14H2,1-2H3;;;;. The molecule has 0 bridgehead atoms. The van der Waals surface area contributed by atoms with Gasteiger partial charge in [-0.25, -0.2) is 4.79 Å². The van der Waals surface area contributed by atoms with Gasteiger partial charge in [-0.15, -0.1) is 0 Å². The second kappa shape index (κ2) is 8.98. The summed E-state index contributed by atoms with van der Waals surface area (Å²) < 4.78 is 5.18. The molecule has 0 aromatic heterocycles. The predicted octanol–water partition coefficient (Wildman–Crippen LogP) is 0.583. The molecule has 0 spiro atoms. The van der Waals surface area contributed by atoms with Gasteiger partial charge < -0.3 is 15.4 Å². The summed E-state index contributed by atoms with van der Waals surface area (Å²) in [6, 6.07) is 6.74. The minimum atomic E-state index is -0.294. The van der Waals surface area contributed by atoms with Crippen LogP contribution >= 0.6 is 0 Å². The maximum absolute atomic E-state index is 11.6. The predicted molar refractivity (Wildman–Crippen MR) is 78.9 cm³/mol. The number of likely N-dealkylation sites (N-methyl/N-ethyl adjacent to an activating group) is 1. The highest BCUT2D eigenvalue weighted by molar-refractivity contribution is 5.89. The normalized spacial score (nSPS) is 9.94. The van der Waals surface area contributed by atoms with Crippen LogP contribution in [0.15, 0.2) is 24.3 Å². The van der Waals surface area contributed by atoms with Crippen LogP contribution in [0.25, 0.3) is 0 Å². The van der Waals surface area contributed by atoms with Crippen LogP contribution in [0.1, 0.15) is 24.2 Å². The van der Waals surface area contributed by atoms with Crippen LogP contribution in [0.4, 0.5) is 5.69 Å². The monoisotopic (exact) mass is 266 g/mol. The first kappa shape index (κ1) is 17.0. The molecule has 0 amide bonds. The van der Waals surface area contributed by atoms with E-state index in [0.29, 0.717) is 17.9 Å². The summed E-state index contributed by atoms with van der Waals surface area (Å²) in [5.41, 5.74) is 6.73. The van der Waals surface area contributed by atoms with Crippen molar-refractivity contribution >= 4 is 29.0 Å². The summed E-state index contributed by atoms with van der Waals surface area (Å²) in [6.07, 6.45) is 0. The van der Waals surface area contributed by atoms with E-state index < -0.39 is 0 Å². The largest absolute Gasteiger partial charge is 0.461 e. The van der Waals surface area contributed by atoms with Crippen molar-refractivity contribution in [2.45, 2.75) is 13.8 Å². The second-order valence-electron chi connectivity index (χ2n) is 3.78. The van der Waals surface area contributed by atoms with Gasteiger partial charge in [-0.1, -0.05) is 13.8 Å². The molecule has 18 heavy (non-hydrogen) atoms. The number of rotatable bonds is 6. The first-order chi connectivity index (χ1) is 8.17. The lowest BCUT2D eigenvalue weighted by molar-refractivity contribution is 0.0466. The number of anilines is 1. The van der Waals surface area contributed by atoms with E-state index in [9.17, 15) is 4.79 Å². The number of carbonyl (C=O) groups is 1. The number of hydrogen-bond donors (Lipinski definition) is 1. The Balaban J connectivity index is 0.00000289. The van der Waals surface area contributed by atoms with Crippen LogP contribution < -0.4 is 5.73 Å². The highest BCUT2D eigenvalue weighted by atomic mass is 27.0. The van der Waals surface area contributed by atoms with Gasteiger partial charge in [0.25, 0.3) is 0 Å². The molecule has 0 saturated heterocycles. The Kier molecular flexibility index (Phi) is 8.48. The first-order valence-corrected chi connectivity index (χ1v) is 5.92. The molecule has 0 aliphatic carbocycles. The summed E-state index contributed by atoms with van der Waals surface area (Å²) in [5.74, 6) is -0.294. The Hall–Kier alpha value is -1.02. The molecule has 0 radical (unpaired) electrons. The van der Waals surface area contributed by atoms with Crippen LogP contribution in [-0.4, -0.2) is 54.5 Å². The molecule has 0 aliphatic heterocycles. The molecule has 4 nitrogen and oxygen atoms in total. The zero-order valence-corrected chi connectivity index (χ0v) is 10.5. The molecule has 5 heteroatoms. The Morgan fingerprint density at radius 2 is 1.78 bits per heavy atom. The van der Waals surface area contributed by atoms with Gasteiger partial charge in [-0.3, -0.25) is 0 Å². The maximum Gasteiger partial charge on any atom is 0.338 e. The van der Waals surface area contributed by atoms with Crippen molar-refractivity contribution in [3.63, 3.8) is 0 Å². The Bertz CT molecular complexity index is 351. The molecular weight excluding hydrogens is 243 g/mol. The van der Waals surface area contributed by atoms with Crippen molar-refractivity contribution in [2.75, 3.05) is 32.0 Å². The van der Waals surface area contributed by atoms with Crippen molar-refractivity contribution in [3.8, 4) is 0 Å². The number of nitrogen functional groups attached to an aromatic ring is 1. The van der Waals surface area contributed by atoms with Crippen molar-refractivity contribution in [2.24, 2.45) is 0 Å². The quantitative estimate of drug-likeness (QED) is 0.465. The van der Waals surface area contributed by atoms with Gasteiger partial charge in [0, 0.05) is 12.2 Å². The topological polar surface area (TPSA) is 55.6 Å². The van der Waals surface area contributed by atoms with E-state index in [1.807, 2.05) is 0 Å². The smallest absolute Gasteiger partial charge is 0.338 e. The number of nitrogens with two attached hydrogens (primary N) is 1. The fourth-order valence-corrected chi connectivity index (χ4v) is 1.51. The number of ether oxygens (including phenoxy) is 1. The minimum absolute atomic E-state index is 0. The lowest BCUT2D eigenvalue weighted by atomic mass is 10.2. The molecule has 0 fully saturated rings. The molecule has 0 saturated carbocycles. The van der Waals surface area contributed by atoms with Crippen molar-refractivity contribution in [3.05, 3.63) is 29.8 Å². The maximum atomic E-state index is 11.6. The van der Waals surface area contributed by atoms with Gasteiger partial charge in [0.2, 0.25) is 0 Å². The van der Waals surface area contributed by atoms with Gasteiger partial charge in [-0.2, -0.15) is 0 Å². The van der Waals surface area contributed by atoms with Crippen LogP contribution in [0, 0.1) is 0 Å². The van der Waals surface area contributed by atoms with E-state index in [2.05, 4.69) is 18.7 Å². The van der Waals surface area contributed by atoms with Crippen LogP contribution in [-0.2, 0) is 4.74 Å². The highest BCUT2D eigenvalue weighted by Crippen LogP contribution is 2.06. The molecule has 0 aliphatic rings. The van der Waals surface area contributed by atoms with E-state index in [0.717, 1.165) is 19.6 Å². The van der Waals surface area contributed by atoms with Gasteiger partial charge in [0.1, 0.15) is 6.61 Å². The molecule has 1 aromatic carbocycles. The number of carbonyl (C=O) groups excluding carboxylic acids is 1. The summed E-state index contributed by atoms with van der Waals surface area (Å²) >= 11 is 0. The third kappa shape index (κ3) is 5.55. The molecule has 1 aromatic rings. The van der Waals surface area contributed by atoms with E-state index in [1.165, 1.54) is 0 Å². The molecular formula is C13H23AlN2O2. The van der Waals surface area contributed by atoms with Crippen molar-refractivity contribution in [1.82, 2.24) is 4.90 Å². The average Bonchev–Trinajstić information content (AvgIpc) is 2.35. The lowest BCUT2D eigenvalue weighted by Crippen LogP contribution is -2.27. The van der Waals surface area contributed by atoms with E-state index in [1.54, 1.807) is 24.3 Å². The third-order valence-electron chi connectivity index (χ3n) is 2.68. The number of hydrogen-bond acceptors (Lipinski definition) is 4. The Morgan fingerprint density at radius 3 is 2.28 bits per heavy atom. The van der Waals surface area contributed by atoms with Gasteiger partial charge in [0.15, 0.2) is 17.4 Å². The fraction of sp³-hybridized carbons (Fsp3) is 0.462. The summed E-state index contributed by atoms with van der Waals surface area (Å²) in [6.45, 7) is 7.31. The fourth-order valence-electron chi connectivity index (χ4n) is 1.51. The Morgan fingerprint density at radius 1 is 1.22 bits per heavy atom. The van der Waals surface area contributed by atoms with Crippen LogP contribution in [0.5, 0.6) is 0 Å². The molecule has 0 unspecified atom stereocenters. The van der Waals surface area contributed by atoms with Crippen molar-refractivity contribution in [1.29, 1.82) is 0 Å². The first-order valence-electron chi connectivity index (χ1n) is 5.92. The summed E-state index contributed by atoms with van der Waals surface area (Å²) in [7, 11) is 0. The molecule has 100 valence electrons. The van der Waals surface area contributed by atoms with Crippen LogP contribution in [0.2, 0.25) is 0 Å². The van der Waals surface area contributed by atoms with Crippen molar-refractivity contribution < 1.29 is 9.53 Å². The third-order valence-corrected chi connectivity index (χ3v) is 2.68. The average molecular weight is 266 g/mol. The lowest BCUT2D eigenvalue weighted by Gasteiger charge is -2.17. The number of esters is 1. The second-order valence-corrected chi connectivity index (χ2v) is 3.78. The summed E-state index contributed by atoms with van der Waals surface area (Å²) in [5, 5.41) is 0. The minimum Gasteiger partial charge on any atom is -0.461 e. The molecule has 0 atom stereocenters.